The van der Waals surface area contributed by atoms with Gasteiger partial charge in [0.15, 0.2) is 8.32 Å². The molecule has 0 saturated heterocycles. The van der Waals surface area contributed by atoms with Crippen LogP contribution in [0.25, 0.3) is 0 Å². The van der Waals surface area contributed by atoms with Gasteiger partial charge in [0.2, 0.25) is 0 Å². The van der Waals surface area contributed by atoms with Gasteiger partial charge in [-0.2, -0.15) is 0 Å². The highest BCUT2D eigenvalue weighted by molar-refractivity contribution is 6.74. The average molecular weight is 240 g/mol. The van der Waals surface area contributed by atoms with Crippen molar-refractivity contribution in [2.75, 3.05) is 6.61 Å². The van der Waals surface area contributed by atoms with Crippen LogP contribution in [0.5, 0.6) is 0 Å². The van der Waals surface area contributed by atoms with Gasteiger partial charge in [-0.1, -0.05) is 20.8 Å². The molecule has 0 heterocycles. The van der Waals surface area contributed by atoms with Gasteiger partial charge in [0.1, 0.15) is 0 Å². The molecule has 16 heavy (non-hydrogen) atoms. The predicted molar refractivity (Wildman–Crippen MR) is 72.9 cm³/mol. The maximum atomic E-state index is 6.27. The molecular formula is C14H28OSi. The number of hydrogen-bond donors (Lipinski definition) is 0. The molecule has 2 radical (unpaired) electrons. The molecule has 1 rings (SSSR count). The monoisotopic (exact) mass is 240 g/mol. The van der Waals surface area contributed by atoms with Gasteiger partial charge in [0.05, 0.1) is 0 Å². The summed E-state index contributed by atoms with van der Waals surface area (Å²) in [5.41, 5.74) is 0. The zero-order valence-electron chi connectivity index (χ0n) is 11.7. The molecular weight excluding hydrogens is 212 g/mol. The van der Waals surface area contributed by atoms with E-state index in [1.54, 1.807) is 0 Å². The van der Waals surface area contributed by atoms with Gasteiger partial charge >= 0.3 is 0 Å². The molecule has 1 aliphatic rings. The first-order chi connectivity index (χ1) is 7.22. The van der Waals surface area contributed by atoms with Crippen molar-refractivity contribution in [3.63, 3.8) is 0 Å². The maximum Gasteiger partial charge on any atom is 0.191 e. The molecule has 0 amide bonds. The van der Waals surface area contributed by atoms with Crippen molar-refractivity contribution in [1.82, 2.24) is 0 Å². The standard InChI is InChI=1S/C14H28OSi/c1-12-7-9-13(10-8-12)11-15-16(5,6)14(2,3)4/h1,12-13H,7-11H2,2-6H3. The van der Waals surface area contributed by atoms with Gasteiger partial charge in [0.25, 0.3) is 0 Å². The fourth-order valence-corrected chi connectivity index (χ4v) is 2.98. The lowest BCUT2D eigenvalue weighted by Gasteiger charge is -2.38. The quantitative estimate of drug-likeness (QED) is 0.659. The molecule has 1 saturated carbocycles. The van der Waals surface area contributed by atoms with Crippen molar-refractivity contribution >= 4 is 8.32 Å². The van der Waals surface area contributed by atoms with Crippen molar-refractivity contribution in [3.8, 4) is 0 Å². The summed E-state index contributed by atoms with van der Waals surface area (Å²) in [4.78, 5) is 0. The smallest absolute Gasteiger partial charge is 0.191 e. The van der Waals surface area contributed by atoms with E-state index >= 15 is 0 Å². The van der Waals surface area contributed by atoms with Crippen molar-refractivity contribution in [3.05, 3.63) is 6.92 Å². The Morgan fingerprint density at radius 3 is 2.06 bits per heavy atom. The third-order valence-electron chi connectivity index (χ3n) is 4.38. The van der Waals surface area contributed by atoms with Crippen LogP contribution >= 0.6 is 0 Å². The van der Waals surface area contributed by atoms with Crippen LogP contribution in [0.1, 0.15) is 46.5 Å². The molecule has 1 fully saturated rings. The van der Waals surface area contributed by atoms with Crippen molar-refractivity contribution in [2.45, 2.75) is 64.6 Å². The SMILES string of the molecule is [CH]C1CCC(CO[Si](C)(C)C(C)(C)C)CC1. The molecule has 2 heteroatoms. The number of rotatable bonds is 3. The second-order valence-corrected chi connectivity index (χ2v) is 11.7. The van der Waals surface area contributed by atoms with Crippen LogP contribution in [0.15, 0.2) is 0 Å². The molecule has 0 spiro atoms. The third-order valence-corrected chi connectivity index (χ3v) is 8.88. The lowest BCUT2D eigenvalue weighted by Crippen LogP contribution is -2.42. The average Bonchev–Trinajstić information content (AvgIpc) is 2.15. The molecule has 0 N–H and O–H groups in total. The molecule has 0 aromatic carbocycles. The van der Waals surface area contributed by atoms with Crippen molar-refractivity contribution in [2.24, 2.45) is 11.8 Å². The Hall–Kier alpha value is 0.177. The maximum absolute atomic E-state index is 6.27. The minimum absolute atomic E-state index is 0.331. The summed E-state index contributed by atoms with van der Waals surface area (Å²) in [6.45, 7) is 18.5. The van der Waals surface area contributed by atoms with Crippen LogP contribution in [-0.2, 0) is 4.43 Å². The predicted octanol–water partition coefficient (Wildman–Crippen LogP) is 4.53. The van der Waals surface area contributed by atoms with Crippen molar-refractivity contribution < 1.29 is 4.43 Å². The highest BCUT2D eigenvalue weighted by atomic mass is 28.4. The summed E-state index contributed by atoms with van der Waals surface area (Å²) in [7, 11) is -1.54. The normalized spacial score (nSPS) is 28.1. The lowest BCUT2D eigenvalue weighted by atomic mass is 9.83. The van der Waals surface area contributed by atoms with Crippen LogP contribution in [0.2, 0.25) is 18.1 Å². The molecule has 1 aliphatic carbocycles. The molecule has 94 valence electrons. The van der Waals surface area contributed by atoms with Gasteiger partial charge in [-0.15, -0.1) is 0 Å². The Bertz CT molecular complexity index is 209. The molecule has 0 bridgehead atoms. The van der Waals surface area contributed by atoms with Gasteiger partial charge in [-0.3, -0.25) is 0 Å². The Kier molecular flexibility index (Phi) is 4.64. The summed E-state index contributed by atoms with van der Waals surface area (Å²) in [6, 6.07) is 0. The van der Waals surface area contributed by atoms with E-state index in [2.05, 4.69) is 33.9 Å². The third kappa shape index (κ3) is 3.88. The summed E-state index contributed by atoms with van der Waals surface area (Å²) < 4.78 is 6.27. The minimum Gasteiger partial charge on any atom is -0.417 e. The second kappa shape index (κ2) is 5.22. The molecule has 0 aliphatic heterocycles. The second-order valence-electron chi connectivity index (χ2n) is 6.85. The zero-order chi connectivity index (χ0) is 12.4. The van der Waals surface area contributed by atoms with E-state index in [1.807, 2.05) is 0 Å². The summed E-state index contributed by atoms with van der Waals surface area (Å²) in [5.74, 6) is 1.21. The Morgan fingerprint density at radius 1 is 1.12 bits per heavy atom. The minimum atomic E-state index is -1.54. The first-order valence-corrected chi connectivity index (χ1v) is 9.53. The largest absolute Gasteiger partial charge is 0.417 e. The van der Waals surface area contributed by atoms with Gasteiger partial charge in [-0.05, 0) is 62.6 Å². The van der Waals surface area contributed by atoms with E-state index < -0.39 is 8.32 Å². The van der Waals surface area contributed by atoms with E-state index in [9.17, 15) is 0 Å². The van der Waals surface area contributed by atoms with Gasteiger partial charge in [-0.25, -0.2) is 0 Å². The van der Waals surface area contributed by atoms with Gasteiger partial charge in [0, 0.05) is 6.61 Å². The zero-order valence-corrected chi connectivity index (χ0v) is 12.7. The summed E-state index contributed by atoms with van der Waals surface area (Å²) in [5, 5.41) is 0.331. The first-order valence-electron chi connectivity index (χ1n) is 6.62. The summed E-state index contributed by atoms with van der Waals surface area (Å²) in [6.07, 6.45) is 4.89. The highest BCUT2D eigenvalue weighted by Gasteiger charge is 2.37. The molecule has 0 aromatic rings. The van der Waals surface area contributed by atoms with E-state index in [-0.39, 0.29) is 0 Å². The van der Waals surface area contributed by atoms with Crippen LogP contribution in [0, 0.1) is 18.8 Å². The van der Waals surface area contributed by atoms with Crippen LogP contribution in [0.4, 0.5) is 0 Å². The van der Waals surface area contributed by atoms with Crippen molar-refractivity contribution in [1.29, 1.82) is 0 Å². The topological polar surface area (TPSA) is 9.23 Å². The lowest BCUT2D eigenvalue weighted by molar-refractivity contribution is 0.181. The Balaban J connectivity index is 2.34. The highest BCUT2D eigenvalue weighted by Crippen LogP contribution is 2.38. The van der Waals surface area contributed by atoms with Crippen LogP contribution in [0.3, 0.4) is 0 Å². The van der Waals surface area contributed by atoms with E-state index in [0.29, 0.717) is 11.0 Å². The van der Waals surface area contributed by atoms with E-state index in [1.165, 1.54) is 25.7 Å². The molecule has 0 aromatic heterocycles. The summed E-state index contributed by atoms with van der Waals surface area (Å²) >= 11 is 0. The van der Waals surface area contributed by atoms with Gasteiger partial charge < -0.3 is 4.43 Å². The van der Waals surface area contributed by atoms with E-state index in [4.69, 9.17) is 11.3 Å². The molecule has 1 nitrogen and oxygen atoms in total. The van der Waals surface area contributed by atoms with E-state index in [0.717, 1.165) is 12.5 Å². The fraction of sp³-hybridized carbons (Fsp3) is 0.929. The molecule has 0 unspecified atom stereocenters. The Labute approximate surface area is 103 Å². The Morgan fingerprint density at radius 2 is 1.62 bits per heavy atom. The van der Waals surface area contributed by atoms with Crippen LogP contribution < -0.4 is 0 Å². The van der Waals surface area contributed by atoms with Crippen LogP contribution in [-0.4, -0.2) is 14.9 Å². The first kappa shape index (κ1) is 14.2. The fourth-order valence-electron chi connectivity index (χ4n) is 1.90. The number of hydrogen-bond acceptors (Lipinski definition) is 1. The molecule has 0 atom stereocenters.